The Bertz CT molecular complexity index is 203. The average molecular weight is 228 g/mol. The molecule has 1 aliphatic rings. The predicted molar refractivity (Wildman–Crippen MR) is 64.0 cm³/mol. The summed E-state index contributed by atoms with van der Waals surface area (Å²) in [6.07, 6.45) is 4.11. The highest BCUT2D eigenvalue weighted by molar-refractivity contribution is 5.78. The molecule has 0 aromatic carbocycles. The third-order valence-electron chi connectivity index (χ3n) is 3.24. The van der Waals surface area contributed by atoms with Gasteiger partial charge in [0.2, 0.25) is 5.91 Å². The molecule has 3 N–H and O–H groups in total. The molecule has 16 heavy (non-hydrogen) atoms. The molecule has 1 rings (SSSR count). The second-order valence-electron chi connectivity index (χ2n) is 4.61. The van der Waals surface area contributed by atoms with Crippen molar-refractivity contribution in [1.29, 1.82) is 0 Å². The molecule has 0 spiro atoms. The highest BCUT2D eigenvalue weighted by Gasteiger charge is 2.15. The van der Waals surface area contributed by atoms with Crippen molar-refractivity contribution in [2.24, 2.45) is 17.6 Å². The molecule has 0 radical (unpaired) electrons. The number of carbonyl (C=O) groups excluding carboxylic acids is 1. The second kappa shape index (κ2) is 7.63. The number of carbonyl (C=O) groups is 1. The lowest BCUT2D eigenvalue weighted by atomic mass is 9.96. The van der Waals surface area contributed by atoms with Gasteiger partial charge in [-0.1, -0.05) is 6.92 Å². The summed E-state index contributed by atoms with van der Waals surface area (Å²) in [6.45, 7) is 5.05. The van der Waals surface area contributed by atoms with E-state index in [9.17, 15) is 4.79 Å². The summed E-state index contributed by atoms with van der Waals surface area (Å²) in [4.78, 5) is 11.6. The highest BCUT2D eigenvalue weighted by atomic mass is 16.5. The van der Waals surface area contributed by atoms with Gasteiger partial charge in [-0.2, -0.15) is 0 Å². The molecule has 1 fully saturated rings. The topological polar surface area (TPSA) is 64.4 Å². The van der Waals surface area contributed by atoms with Gasteiger partial charge in [0.15, 0.2) is 0 Å². The van der Waals surface area contributed by atoms with E-state index in [1.165, 1.54) is 0 Å². The lowest BCUT2D eigenvalue weighted by molar-refractivity contribution is -0.124. The molecule has 0 aliphatic carbocycles. The van der Waals surface area contributed by atoms with Crippen LogP contribution in [0.4, 0.5) is 0 Å². The van der Waals surface area contributed by atoms with Crippen LogP contribution in [0.2, 0.25) is 0 Å². The van der Waals surface area contributed by atoms with Gasteiger partial charge in [0.05, 0.1) is 0 Å². The summed E-state index contributed by atoms with van der Waals surface area (Å²) in [7, 11) is 0. The molecular formula is C12H24N2O2. The highest BCUT2D eigenvalue weighted by Crippen LogP contribution is 2.17. The quantitative estimate of drug-likeness (QED) is 0.710. The third kappa shape index (κ3) is 4.94. The lowest BCUT2D eigenvalue weighted by Gasteiger charge is -2.22. The van der Waals surface area contributed by atoms with Crippen molar-refractivity contribution in [1.82, 2.24) is 5.32 Å². The number of rotatable bonds is 6. The Morgan fingerprint density at radius 1 is 1.50 bits per heavy atom. The molecule has 0 aromatic heterocycles. The fraction of sp³-hybridized carbons (Fsp3) is 0.917. The maximum absolute atomic E-state index is 11.6. The summed E-state index contributed by atoms with van der Waals surface area (Å²) >= 11 is 0. The van der Waals surface area contributed by atoms with Crippen LogP contribution in [0.15, 0.2) is 0 Å². The Balaban J connectivity index is 2.07. The fourth-order valence-electron chi connectivity index (χ4n) is 1.99. The average Bonchev–Trinajstić information content (AvgIpc) is 2.30. The van der Waals surface area contributed by atoms with Gasteiger partial charge in [0.25, 0.3) is 0 Å². The largest absolute Gasteiger partial charge is 0.381 e. The summed E-state index contributed by atoms with van der Waals surface area (Å²) in [5.41, 5.74) is 5.42. The third-order valence-corrected chi connectivity index (χ3v) is 3.24. The number of amides is 1. The number of nitrogens with two attached hydrogens (primary N) is 1. The van der Waals surface area contributed by atoms with E-state index in [-0.39, 0.29) is 11.8 Å². The van der Waals surface area contributed by atoms with Crippen LogP contribution in [0.5, 0.6) is 0 Å². The van der Waals surface area contributed by atoms with E-state index in [4.69, 9.17) is 10.5 Å². The standard InChI is InChI=1S/C12H24N2O2/c1-10(2-6-13)12(15)14-7-3-11-4-8-16-9-5-11/h10-11H,2-9,13H2,1H3,(H,14,15). The van der Waals surface area contributed by atoms with Gasteiger partial charge >= 0.3 is 0 Å². The molecule has 1 atom stereocenters. The number of hydrogen-bond donors (Lipinski definition) is 2. The Hall–Kier alpha value is -0.610. The van der Waals surface area contributed by atoms with Crippen molar-refractivity contribution in [3.8, 4) is 0 Å². The molecule has 94 valence electrons. The fourth-order valence-corrected chi connectivity index (χ4v) is 1.99. The summed E-state index contributed by atoms with van der Waals surface area (Å²) in [5, 5.41) is 2.98. The van der Waals surface area contributed by atoms with Gasteiger partial charge in [-0.05, 0) is 38.1 Å². The molecule has 4 nitrogen and oxygen atoms in total. The van der Waals surface area contributed by atoms with Crippen molar-refractivity contribution >= 4 is 5.91 Å². The van der Waals surface area contributed by atoms with E-state index in [0.29, 0.717) is 6.54 Å². The zero-order valence-electron chi connectivity index (χ0n) is 10.2. The molecule has 1 aliphatic heterocycles. The van der Waals surface area contributed by atoms with E-state index in [1.807, 2.05) is 6.92 Å². The molecule has 1 amide bonds. The lowest BCUT2D eigenvalue weighted by Crippen LogP contribution is -2.32. The minimum Gasteiger partial charge on any atom is -0.381 e. The van der Waals surface area contributed by atoms with Crippen LogP contribution in [0.1, 0.15) is 32.6 Å². The predicted octanol–water partition coefficient (Wildman–Crippen LogP) is 0.904. The van der Waals surface area contributed by atoms with Gasteiger partial charge in [0.1, 0.15) is 0 Å². The van der Waals surface area contributed by atoms with Gasteiger partial charge in [-0.25, -0.2) is 0 Å². The molecular weight excluding hydrogens is 204 g/mol. The van der Waals surface area contributed by atoms with Crippen LogP contribution < -0.4 is 11.1 Å². The number of ether oxygens (including phenoxy) is 1. The molecule has 1 unspecified atom stereocenters. The first-order valence-corrected chi connectivity index (χ1v) is 6.29. The van der Waals surface area contributed by atoms with Crippen LogP contribution in [0, 0.1) is 11.8 Å². The molecule has 4 heteroatoms. The summed E-state index contributed by atoms with van der Waals surface area (Å²) < 4.78 is 5.30. The second-order valence-corrected chi connectivity index (χ2v) is 4.61. The van der Waals surface area contributed by atoms with E-state index in [2.05, 4.69) is 5.32 Å². The minimum absolute atomic E-state index is 0.0414. The van der Waals surface area contributed by atoms with Crippen LogP contribution in [0.3, 0.4) is 0 Å². The summed E-state index contributed by atoms with van der Waals surface area (Å²) in [6, 6.07) is 0. The molecule has 0 bridgehead atoms. The van der Waals surface area contributed by atoms with Crippen molar-refractivity contribution in [2.75, 3.05) is 26.3 Å². The first-order chi connectivity index (χ1) is 7.74. The molecule has 1 saturated heterocycles. The zero-order chi connectivity index (χ0) is 11.8. The van der Waals surface area contributed by atoms with Crippen molar-refractivity contribution in [3.05, 3.63) is 0 Å². The first-order valence-electron chi connectivity index (χ1n) is 6.29. The first kappa shape index (κ1) is 13.5. The van der Waals surface area contributed by atoms with Gasteiger partial charge < -0.3 is 15.8 Å². The number of hydrogen-bond acceptors (Lipinski definition) is 3. The van der Waals surface area contributed by atoms with Crippen LogP contribution in [-0.4, -0.2) is 32.2 Å². The van der Waals surface area contributed by atoms with E-state index in [0.717, 1.165) is 51.4 Å². The Labute approximate surface area is 97.9 Å². The smallest absolute Gasteiger partial charge is 0.222 e. The van der Waals surface area contributed by atoms with Gasteiger partial charge in [-0.3, -0.25) is 4.79 Å². The Kier molecular flexibility index (Phi) is 6.42. The molecule has 0 saturated carbocycles. The van der Waals surface area contributed by atoms with Gasteiger partial charge in [0, 0.05) is 25.7 Å². The molecule has 1 heterocycles. The maximum Gasteiger partial charge on any atom is 0.222 e. The van der Waals surface area contributed by atoms with Crippen LogP contribution in [0.25, 0.3) is 0 Å². The van der Waals surface area contributed by atoms with Crippen LogP contribution >= 0.6 is 0 Å². The monoisotopic (exact) mass is 228 g/mol. The summed E-state index contributed by atoms with van der Waals surface area (Å²) in [5.74, 6) is 0.899. The van der Waals surface area contributed by atoms with Crippen LogP contribution in [-0.2, 0) is 9.53 Å². The Morgan fingerprint density at radius 3 is 2.81 bits per heavy atom. The van der Waals surface area contributed by atoms with Gasteiger partial charge in [-0.15, -0.1) is 0 Å². The van der Waals surface area contributed by atoms with Crippen molar-refractivity contribution < 1.29 is 9.53 Å². The normalized spacial score (nSPS) is 19.4. The van der Waals surface area contributed by atoms with E-state index >= 15 is 0 Å². The number of nitrogens with one attached hydrogen (secondary N) is 1. The molecule has 0 aromatic rings. The van der Waals surface area contributed by atoms with Crippen molar-refractivity contribution in [3.63, 3.8) is 0 Å². The zero-order valence-corrected chi connectivity index (χ0v) is 10.2. The minimum atomic E-state index is 0.0414. The van der Waals surface area contributed by atoms with Crippen molar-refractivity contribution in [2.45, 2.75) is 32.6 Å². The maximum atomic E-state index is 11.6. The SMILES string of the molecule is CC(CCN)C(=O)NCCC1CCOCC1. The van der Waals surface area contributed by atoms with E-state index in [1.54, 1.807) is 0 Å². The Morgan fingerprint density at radius 2 is 2.19 bits per heavy atom. The van der Waals surface area contributed by atoms with E-state index < -0.39 is 0 Å².